The second-order valence-corrected chi connectivity index (χ2v) is 6.44. The summed E-state index contributed by atoms with van der Waals surface area (Å²) in [6, 6.07) is 8.23. The molecule has 1 aliphatic rings. The lowest BCUT2D eigenvalue weighted by molar-refractivity contribution is 0.252. The van der Waals surface area contributed by atoms with Crippen molar-refractivity contribution in [2.75, 3.05) is 6.61 Å². The van der Waals surface area contributed by atoms with Crippen LogP contribution in [0.3, 0.4) is 0 Å². The van der Waals surface area contributed by atoms with E-state index in [9.17, 15) is 0 Å². The van der Waals surface area contributed by atoms with Gasteiger partial charge in [-0.15, -0.1) is 10.2 Å². The average molecular weight is 292 g/mol. The van der Waals surface area contributed by atoms with Gasteiger partial charge in [-0.05, 0) is 17.7 Å². The first-order chi connectivity index (χ1) is 9.48. The summed E-state index contributed by atoms with van der Waals surface area (Å²) in [6.45, 7) is 7.04. The minimum atomic E-state index is -0.104. The summed E-state index contributed by atoms with van der Waals surface area (Å²) >= 11 is 6.30. The smallest absolute Gasteiger partial charge is 0.225 e. The molecule has 0 saturated carbocycles. The molecule has 1 aliphatic heterocycles. The average Bonchev–Trinajstić information content (AvgIpc) is 2.80. The second kappa shape index (κ2) is 4.77. The minimum absolute atomic E-state index is 0.104. The lowest BCUT2D eigenvalue weighted by atomic mass is 9.93. The normalized spacial score (nSPS) is 18.5. The Balaban J connectivity index is 2.14. The lowest BCUT2D eigenvalue weighted by Gasteiger charge is -2.30. The standard InChI is InChI=1S/C15H18ClN3O/c1-15(2,3)13-17-18-14(16)19(13)11-8-9-20-12-7-5-4-6-10(11)12/h4-7,11H,8-9H2,1-3H3. The van der Waals surface area contributed by atoms with E-state index < -0.39 is 0 Å². The fraction of sp³-hybridized carbons (Fsp3) is 0.467. The second-order valence-electron chi connectivity index (χ2n) is 6.10. The van der Waals surface area contributed by atoms with Crippen LogP contribution in [0.1, 0.15) is 44.6 Å². The van der Waals surface area contributed by atoms with Crippen LogP contribution in [0.4, 0.5) is 0 Å². The third kappa shape index (κ3) is 2.18. The Bertz CT molecular complexity index is 630. The SMILES string of the molecule is CC(C)(C)c1nnc(Cl)n1C1CCOc2ccccc21. The van der Waals surface area contributed by atoms with Crippen LogP contribution in [-0.2, 0) is 5.41 Å². The molecule has 0 aliphatic carbocycles. The van der Waals surface area contributed by atoms with Gasteiger partial charge in [0.05, 0.1) is 12.6 Å². The van der Waals surface area contributed by atoms with Gasteiger partial charge in [0, 0.05) is 17.4 Å². The number of ether oxygens (including phenoxy) is 1. The molecular weight excluding hydrogens is 274 g/mol. The number of rotatable bonds is 1. The van der Waals surface area contributed by atoms with Crippen molar-refractivity contribution in [2.24, 2.45) is 0 Å². The maximum Gasteiger partial charge on any atom is 0.225 e. The van der Waals surface area contributed by atoms with E-state index in [1.165, 1.54) is 0 Å². The van der Waals surface area contributed by atoms with Gasteiger partial charge in [0.15, 0.2) is 0 Å². The maximum absolute atomic E-state index is 6.30. The molecule has 0 spiro atoms. The molecule has 20 heavy (non-hydrogen) atoms. The third-order valence-corrected chi connectivity index (χ3v) is 3.82. The summed E-state index contributed by atoms with van der Waals surface area (Å²) in [5, 5.41) is 8.79. The Labute approximate surface area is 123 Å². The van der Waals surface area contributed by atoms with Crippen molar-refractivity contribution >= 4 is 11.6 Å². The van der Waals surface area contributed by atoms with E-state index in [2.05, 4.69) is 37.0 Å². The molecule has 1 aromatic heterocycles. The minimum Gasteiger partial charge on any atom is -0.493 e. The Morgan fingerprint density at radius 3 is 2.75 bits per heavy atom. The molecule has 0 saturated heterocycles. The highest BCUT2D eigenvalue weighted by atomic mass is 35.5. The van der Waals surface area contributed by atoms with Crippen molar-refractivity contribution in [1.82, 2.24) is 14.8 Å². The molecule has 2 aromatic rings. The van der Waals surface area contributed by atoms with E-state index in [1.807, 2.05) is 22.8 Å². The fourth-order valence-electron chi connectivity index (χ4n) is 2.65. The first-order valence-corrected chi connectivity index (χ1v) is 7.19. The molecule has 0 bridgehead atoms. The van der Waals surface area contributed by atoms with Crippen LogP contribution in [0, 0.1) is 0 Å². The molecule has 1 aromatic carbocycles. The van der Waals surface area contributed by atoms with Gasteiger partial charge in [0.1, 0.15) is 11.6 Å². The Hall–Kier alpha value is -1.55. The van der Waals surface area contributed by atoms with Gasteiger partial charge in [0.25, 0.3) is 0 Å². The summed E-state index contributed by atoms with van der Waals surface area (Å²) in [4.78, 5) is 0. The zero-order valence-corrected chi connectivity index (χ0v) is 12.7. The van der Waals surface area contributed by atoms with Crippen LogP contribution >= 0.6 is 11.6 Å². The zero-order chi connectivity index (χ0) is 14.3. The monoisotopic (exact) mass is 291 g/mol. The summed E-state index contributed by atoms with van der Waals surface area (Å²) < 4.78 is 7.76. The Kier molecular flexibility index (Phi) is 3.21. The molecular formula is C15H18ClN3O. The molecule has 0 fully saturated rings. The van der Waals surface area contributed by atoms with Crippen molar-refractivity contribution in [3.05, 3.63) is 40.9 Å². The number of aromatic nitrogens is 3. The molecule has 2 heterocycles. The molecule has 0 N–H and O–H groups in total. The maximum atomic E-state index is 6.30. The summed E-state index contributed by atoms with van der Waals surface area (Å²) in [5.74, 6) is 1.83. The highest BCUT2D eigenvalue weighted by Gasteiger charge is 2.31. The van der Waals surface area contributed by atoms with Crippen molar-refractivity contribution in [1.29, 1.82) is 0 Å². The van der Waals surface area contributed by atoms with Gasteiger partial charge < -0.3 is 4.74 Å². The van der Waals surface area contributed by atoms with Gasteiger partial charge in [0.2, 0.25) is 5.28 Å². The van der Waals surface area contributed by atoms with Crippen LogP contribution < -0.4 is 4.74 Å². The summed E-state index contributed by atoms with van der Waals surface area (Å²) in [7, 11) is 0. The number of halogens is 1. The highest BCUT2D eigenvalue weighted by Crippen LogP contribution is 2.38. The van der Waals surface area contributed by atoms with Crippen molar-refractivity contribution in [3.63, 3.8) is 0 Å². The van der Waals surface area contributed by atoms with Gasteiger partial charge in [-0.1, -0.05) is 39.0 Å². The van der Waals surface area contributed by atoms with Crippen LogP contribution in [0.15, 0.2) is 24.3 Å². The number of nitrogens with zero attached hydrogens (tertiary/aromatic N) is 3. The molecule has 0 radical (unpaired) electrons. The van der Waals surface area contributed by atoms with Crippen LogP contribution in [0.25, 0.3) is 0 Å². The van der Waals surface area contributed by atoms with Gasteiger partial charge in [-0.3, -0.25) is 4.57 Å². The zero-order valence-electron chi connectivity index (χ0n) is 11.9. The first kappa shape index (κ1) is 13.4. The van der Waals surface area contributed by atoms with E-state index in [-0.39, 0.29) is 11.5 Å². The van der Waals surface area contributed by atoms with E-state index in [0.717, 1.165) is 23.6 Å². The van der Waals surface area contributed by atoms with Gasteiger partial charge in [-0.2, -0.15) is 0 Å². The molecule has 5 heteroatoms. The Morgan fingerprint density at radius 1 is 1.25 bits per heavy atom. The number of hydrogen-bond donors (Lipinski definition) is 0. The van der Waals surface area contributed by atoms with E-state index >= 15 is 0 Å². The lowest BCUT2D eigenvalue weighted by Crippen LogP contribution is -2.26. The third-order valence-electron chi connectivity index (χ3n) is 3.56. The van der Waals surface area contributed by atoms with Crippen LogP contribution in [-0.4, -0.2) is 21.4 Å². The molecule has 3 rings (SSSR count). The molecule has 1 atom stereocenters. The summed E-state index contributed by atoms with van der Waals surface area (Å²) in [5.41, 5.74) is 1.04. The highest BCUT2D eigenvalue weighted by molar-refractivity contribution is 6.28. The number of benzene rings is 1. The van der Waals surface area contributed by atoms with E-state index in [4.69, 9.17) is 16.3 Å². The predicted octanol–water partition coefficient (Wildman–Crippen LogP) is 3.60. The Morgan fingerprint density at radius 2 is 2.00 bits per heavy atom. The van der Waals surface area contributed by atoms with Crippen LogP contribution in [0.2, 0.25) is 5.28 Å². The van der Waals surface area contributed by atoms with Crippen molar-refractivity contribution in [2.45, 2.75) is 38.6 Å². The van der Waals surface area contributed by atoms with Crippen molar-refractivity contribution in [3.8, 4) is 5.75 Å². The summed E-state index contributed by atoms with van der Waals surface area (Å²) in [6.07, 6.45) is 0.873. The topological polar surface area (TPSA) is 39.9 Å². The molecule has 1 unspecified atom stereocenters. The molecule has 106 valence electrons. The van der Waals surface area contributed by atoms with Gasteiger partial charge in [-0.25, -0.2) is 0 Å². The number of hydrogen-bond acceptors (Lipinski definition) is 3. The quantitative estimate of drug-likeness (QED) is 0.806. The first-order valence-electron chi connectivity index (χ1n) is 6.81. The number of fused-ring (bicyclic) bond motifs is 1. The molecule has 4 nitrogen and oxygen atoms in total. The van der Waals surface area contributed by atoms with E-state index in [0.29, 0.717) is 11.9 Å². The van der Waals surface area contributed by atoms with Gasteiger partial charge >= 0.3 is 0 Å². The fourth-order valence-corrected chi connectivity index (χ4v) is 2.89. The van der Waals surface area contributed by atoms with Crippen molar-refractivity contribution < 1.29 is 4.74 Å². The molecule has 0 amide bonds. The largest absolute Gasteiger partial charge is 0.493 e. The number of para-hydroxylation sites is 1. The predicted molar refractivity (Wildman–Crippen MR) is 78.4 cm³/mol. The van der Waals surface area contributed by atoms with E-state index in [1.54, 1.807) is 0 Å². The van der Waals surface area contributed by atoms with Crippen LogP contribution in [0.5, 0.6) is 5.75 Å².